The van der Waals surface area contributed by atoms with Gasteiger partial charge in [0.05, 0.1) is 11.5 Å². The van der Waals surface area contributed by atoms with Crippen LogP contribution in [-0.4, -0.2) is 34.6 Å². The summed E-state index contributed by atoms with van der Waals surface area (Å²) < 4.78 is 0. The Morgan fingerprint density at radius 1 is 1.57 bits per heavy atom. The monoisotopic (exact) mass is 202 g/mol. The van der Waals surface area contributed by atoms with Crippen LogP contribution in [0.1, 0.15) is 33.6 Å². The molecule has 5 N–H and O–H groups in total. The van der Waals surface area contributed by atoms with Gasteiger partial charge in [-0.15, -0.1) is 0 Å². The summed E-state index contributed by atoms with van der Waals surface area (Å²) in [5.74, 6) is -1.03. The minimum atomic E-state index is -1.54. The van der Waals surface area contributed by atoms with Gasteiger partial charge >= 0.3 is 7.12 Å². The number of carbonyl (C=O) groups is 1. The first-order chi connectivity index (χ1) is 6.29. The van der Waals surface area contributed by atoms with E-state index in [2.05, 4.69) is 5.32 Å². The average molecular weight is 202 g/mol. The van der Waals surface area contributed by atoms with Gasteiger partial charge in [0.25, 0.3) is 0 Å². The third-order valence-electron chi connectivity index (χ3n) is 1.86. The number of carbonyl (C=O) groups excluding carboxylic acids is 1. The number of hydrogen-bond acceptors (Lipinski definition) is 4. The molecule has 0 bridgehead atoms. The van der Waals surface area contributed by atoms with Crippen LogP contribution in [0.2, 0.25) is 0 Å². The van der Waals surface area contributed by atoms with E-state index in [9.17, 15) is 4.79 Å². The van der Waals surface area contributed by atoms with Crippen molar-refractivity contribution in [2.75, 3.05) is 0 Å². The Balaban J connectivity index is 4.24. The molecule has 0 radical (unpaired) electrons. The van der Waals surface area contributed by atoms with Crippen LogP contribution in [0, 0.1) is 0 Å². The molecule has 0 aliphatic carbocycles. The zero-order valence-corrected chi connectivity index (χ0v) is 8.95. The van der Waals surface area contributed by atoms with Crippen molar-refractivity contribution in [2.45, 2.75) is 45.1 Å². The van der Waals surface area contributed by atoms with Gasteiger partial charge < -0.3 is 21.1 Å². The Kier molecular flexibility index (Phi) is 5.11. The second kappa shape index (κ2) is 5.33. The molecule has 0 aromatic heterocycles. The fourth-order valence-corrected chi connectivity index (χ4v) is 0.961. The Morgan fingerprint density at radius 3 is 2.36 bits per heavy atom. The largest absolute Gasteiger partial charge is 0.475 e. The Labute approximate surface area is 84.8 Å². The normalized spacial score (nSPS) is 13.6. The first-order valence-corrected chi connectivity index (χ1v) is 4.75. The van der Waals surface area contributed by atoms with Gasteiger partial charge in [0.15, 0.2) is 0 Å². The Morgan fingerprint density at radius 2 is 2.07 bits per heavy atom. The van der Waals surface area contributed by atoms with E-state index in [1.165, 1.54) is 0 Å². The number of nitrogens with two attached hydrogens (primary N) is 1. The topological polar surface area (TPSA) is 95.6 Å². The quantitative estimate of drug-likeness (QED) is 0.431. The number of nitrogens with one attached hydrogen (secondary N) is 1. The third kappa shape index (κ3) is 4.60. The van der Waals surface area contributed by atoms with Gasteiger partial charge in [-0.1, -0.05) is 13.3 Å². The lowest BCUT2D eigenvalue weighted by Gasteiger charge is -2.23. The maximum Gasteiger partial charge on any atom is 0.475 e. The van der Waals surface area contributed by atoms with E-state index >= 15 is 0 Å². The molecule has 1 amide bonds. The second-order valence-corrected chi connectivity index (χ2v) is 4.00. The summed E-state index contributed by atoms with van der Waals surface area (Å²) in [7, 11) is -1.54. The zero-order valence-electron chi connectivity index (χ0n) is 8.95. The smallest absolute Gasteiger partial charge is 0.426 e. The van der Waals surface area contributed by atoms with E-state index in [0.29, 0.717) is 6.42 Å². The lowest BCUT2D eigenvalue weighted by atomic mass is 9.76. The van der Waals surface area contributed by atoms with Crippen molar-refractivity contribution in [3.63, 3.8) is 0 Å². The van der Waals surface area contributed by atoms with Gasteiger partial charge in [-0.25, -0.2) is 0 Å². The van der Waals surface area contributed by atoms with Crippen molar-refractivity contribution in [3.8, 4) is 0 Å². The SMILES string of the molecule is CCC[C@H](NC(=O)C(C)(C)N)B(O)O. The Bertz CT molecular complexity index is 192. The molecule has 0 aromatic rings. The summed E-state index contributed by atoms with van der Waals surface area (Å²) >= 11 is 0. The summed E-state index contributed by atoms with van der Waals surface area (Å²) in [6.07, 6.45) is 1.27. The predicted octanol–water partition coefficient (Wildman–Crippen LogP) is -0.979. The predicted molar refractivity (Wildman–Crippen MR) is 55.3 cm³/mol. The maximum atomic E-state index is 11.4. The van der Waals surface area contributed by atoms with Crippen LogP contribution in [0.5, 0.6) is 0 Å². The van der Waals surface area contributed by atoms with Crippen LogP contribution in [0.15, 0.2) is 0 Å². The lowest BCUT2D eigenvalue weighted by Crippen LogP contribution is -2.56. The van der Waals surface area contributed by atoms with E-state index in [1.54, 1.807) is 13.8 Å². The van der Waals surface area contributed by atoms with Gasteiger partial charge in [0.1, 0.15) is 0 Å². The summed E-state index contributed by atoms with van der Waals surface area (Å²) in [6, 6.07) is 0. The van der Waals surface area contributed by atoms with Crippen molar-refractivity contribution in [2.24, 2.45) is 5.73 Å². The van der Waals surface area contributed by atoms with Gasteiger partial charge in [-0.2, -0.15) is 0 Å². The third-order valence-corrected chi connectivity index (χ3v) is 1.86. The van der Waals surface area contributed by atoms with Crippen molar-refractivity contribution >= 4 is 13.0 Å². The molecule has 0 saturated carbocycles. The highest BCUT2D eigenvalue weighted by Crippen LogP contribution is 2.02. The van der Waals surface area contributed by atoms with Crippen LogP contribution in [-0.2, 0) is 4.79 Å². The summed E-state index contributed by atoms with van der Waals surface area (Å²) in [6.45, 7) is 5.03. The molecular weight excluding hydrogens is 183 g/mol. The van der Waals surface area contributed by atoms with Crippen LogP contribution >= 0.6 is 0 Å². The van der Waals surface area contributed by atoms with E-state index in [0.717, 1.165) is 6.42 Å². The van der Waals surface area contributed by atoms with Crippen molar-refractivity contribution < 1.29 is 14.8 Å². The molecule has 0 aliphatic rings. The number of hydrogen-bond donors (Lipinski definition) is 4. The second-order valence-electron chi connectivity index (χ2n) is 4.00. The molecule has 0 spiro atoms. The number of rotatable bonds is 5. The molecule has 0 aliphatic heterocycles. The van der Waals surface area contributed by atoms with Crippen molar-refractivity contribution in [1.82, 2.24) is 5.32 Å². The highest BCUT2D eigenvalue weighted by Gasteiger charge is 2.29. The molecule has 6 heteroatoms. The number of amides is 1. The van der Waals surface area contributed by atoms with Gasteiger partial charge in [0.2, 0.25) is 5.91 Å². The molecule has 5 nitrogen and oxygen atoms in total. The van der Waals surface area contributed by atoms with E-state index < -0.39 is 18.6 Å². The van der Waals surface area contributed by atoms with E-state index in [-0.39, 0.29) is 5.91 Å². The molecule has 82 valence electrons. The highest BCUT2D eigenvalue weighted by molar-refractivity contribution is 6.43. The molecule has 0 heterocycles. The molecule has 0 rings (SSSR count). The summed E-state index contributed by atoms with van der Waals surface area (Å²) in [5, 5.41) is 20.4. The fraction of sp³-hybridized carbons (Fsp3) is 0.875. The summed E-state index contributed by atoms with van der Waals surface area (Å²) in [5.41, 5.74) is 4.55. The van der Waals surface area contributed by atoms with Gasteiger partial charge in [-0.05, 0) is 20.3 Å². The standard InChI is InChI=1S/C8H19BN2O3/c1-4-5-6(9(13)14)11-7(12)8(2,3)10/h6,13-14H,4-5,10H2,1-3H3,(H,11,12)/t6-/m0/s1. The van der Waals surface area contributed by atoms with Crippen LogP contribution in [0.3, 0.4) is 0 Å². The van der Waals surface area contributed by atoms with E-state index in [4.69, 9.17) is 15.8 Å². The zero-order chi connectivity index (χ0) is 11.4. The van der Waals surface area contributed by atoms with Gasteiger partial charge in [0, 0.05) is 0 Å². The first kappa shape index (κ1) is 13.4. The van der Waals surface area contributed by atoms with Gasteiger partial charge in [-0.3, -0.25) is 4.79 Å². The van der Waals surface area contributed by atoms with Crippen LogP contribution < -0.4 is 11.1 Å². The van der Waals surface area contributed by atoms with E-state index in [1.807, 2.05) is 6.92 Å². The van der Waals surface area contributed by atoms with Crippen molar-refractivity contribution in [1.29, 1.82) is 0 Å². The average Bonchev–Trinajstić information content (AvgIpc) is 2.01. The van der Waals surface area contributed by atoms with Crippen LogP contribution in [0.25, 0.3) is 0 Å². The molecular formula is C8H19BN2O3. The molecule has 0 aromatic carbocycles. The van der Waals surface area contributed by atoms with Crippen molar-refractivity contribution in [3.05, 3.63) is 0 Å². The lowest BCUT2D eigenvalue weighted by molar-refractivity contribution is -0.125. The molecule has 14 heavy (non-hydrogen) atoms. The van der Waals surface area contributed by atoms with Crippen LogP contribution in [0.4, 0.5) is 0 Å². The minimum Gasteiger partial charge on any atom is -0.426 e. The first-order valence-electron chi connectivity index (χ1n) is 4.75. The molecule has 1 atom stereocenters. The molecule has 0 saturated heterocycles. The Hall–Kier alpha value is -0.585. The summed E-state index contributed by atoms with van der Waals surface area (Å²) in [4.78, 5) is 11.4. The highest BCUT2D eigenvalue weighted by atomic mass is 16.4. The maximum absolute atomic E-state index is 11.4. The minimum absolute atomic E-state index is 0.385. The fourth-order valence-electron chi connectivity index (χ4n) is 0.961. The molecule has 0 unspecified atom stereocenters. The molecule has 0 fully saturated rings.